The summed E-state index contributed by atoms with van der Waals surface area (Å²) >= 11 is 0. The second-order valence-electron chi connectivity index (χ2n) is 4.02. The highest BCUT2D eigenvalue weighted by Crippen LogP contribution is 2.15. The van der Waals surface area contributed by atoms with Crippen molar-refractivity contribution in [1.82, 2.24) is 5.32 Å². The lowest BCUT2D eigenvalue weighted by atomic mass is 10.1. The van der Waals surface area contributed by atoms with Gasteiger partial charge >= 0.3 is 5.97 Å². The molecular weight excluding hydrogens is 268 g/mol. The third-order valence-electron chi connectivity index (χ3n) is 2.57. The molecule has 1 aromatic carbocycles. The van der Waals surface area contributed by atoms with E-state index in [0.717, 1.165) is 5.56 Å². The molecule has 1 atom stereocenters. The zero-order chi connectivity index (χ0) is 14.5. The molecule has 106 valence electrons. The normalized spacial score (nSPS) is 13.0. The van der Waals surface area contributed by atoms with Crippen molar-refractivity contribution >= 4 is 16.0 Å². The van der Waals surface area contributed by atoms with Gasteiger partial charge in [0.05, 0.1) is 18.0 Å². The molecule has 0 saturated carbocycles. The summed E-state index contributed by atoms with van der Waals surface area (Å²) < 4.78 is 27.0. The van der Waals surface area contributed by atoms with Crippen LogP contribution in [0, 0.1) is 0 Å². The van der Waals surface area contributed by atoms with Crippen LogP contribution in [0.4, 0.5) is 0 Å². The molecule has 0 spiro atoms. The van der Waals surface area contributed by atoms with Crippen LogP contribution in [0.15, 0.2) is 29.2 Å². The minimum absolute atomic E-state index is 0.0637. The number of benzene rings is 1. The van der Waals surface area contributed by atoms with Gasteiger partial charge in [-0.1, -0.05) is 12.1 Å². The fourth-order valence-corrected chi connectivity index (χ4v) is 2.03. The highest BCUT2D eigenvalue weighted by atomic mass is 32.2. The van der Waals surface area contributed by atoms with Crippen molar-refractivity contribution in [3.63, 3.8) is 0 Å². The molecule has 0 aliphatic heterocycles. The van der Waals surface area contributed by atoms with E-state index < -0.39 is 10.0 Å². The number of esters is 1. The Hall–Kier alpha value is -1.44. The van der Waals surface area contributed by atoms with Crippen molar-refractivity contribution in [3.8, 4) is 0 Å². The topological polar surface area (TPSA) is 98.5 Å². The minimum Gasteiger partial charge on any atom is -0.465 e. The average molecular weight is 286 g/mol. The van der Waals surface area contributed by atoms with Crippen LogP contribution in [-0.4, -0.2) is 27.5 Å². The van der Waals surface area contributed by atoms with Crippen molar-refractivity contribution in [1.29, 1.82) is 0 Å². The van der Waals surface area contributed by atoms with Gasteiger partial charge in [-0.25, -0.2) is 13.6 Å². The number of nitrogens with one attached hydrogen (secondary N) is 1. The molecule has 1 aromatic rings. The highest BCUT2D eigenvalue weighted by Gasteiger charge is 2.11. The lowest BCUT2D eigenvalue weighted by Crippen LogP contribution is -2.27. The van der Waals surface area contributed by atoms with E-state index >= 15 is 0 Å². The van der Waals surface area contributed by atoms with Crippen molar-refractivity contribution in [3.05, 3.63) is 29.8 Å². The van der Waals surface area contributed by atoms with Crippen LogP contribution < -0.4 is 10.5 Å². The van der Waals surface area contributed by atoms with Gasteiger partial charge < -0.3 is 10.1 Å². The Balaban J connectivity index is 2.63. The Morgan fingerprint density at radius 3 is 2.42 bits per heavy atom. The van der Waals surface area contributed by atoms with E-state index in [2.05, 4.69) is 5.32 Å². The number of carbonyl (C=O) groups is 1. The molecule has 19 heavy (non-hydrogen) atoms. The molecule has 0 saturated heterocycles. The molecule has 0 fully saturated rings. The number of primary sulfonamides is 1. The van der Waals surface area contributed by atoms with Crippen molar-refractivity contribution in [2.45, 2.75) is 24.8 Å². The summed E-state index contributed by atoms with van der Waals surface area (Å²) in [6, 6.07) is 6.09. The van der Waals surface area contributed by atoms with Gasteiger partial charge in [0.25, 0.3) is 0 Å². The molecule has 1 unspecified atom stereocenters. The molecule has 0 heterocycles. The lowest BCUT2D eigenvalue weighted by Gasteiger charge is -2.13. The molecule has 0 aliphatic rings. The SMILES string of the molecule is CCOC(=O)CNC(C)c1ccc(S(N)(=O)=O)cc1. The molecule has 0 radical (unpaired) electrons. The maximum atomic E-state index is 11.2. The first-order valence-electron chi connectivity index (χ1n) is 5.86. The molecule has 0 amide bonds. The number of hydrogen-bond donors (Lipinski definition) is 2. The number of hydrogen-bond acceptors (Lipinski definition) is 5. The maximum Gasteiger partial charge on any atom is 0.319 e. The first-order valence-corrected chi connectivity index (χ1v) is 7.41. The van der Waals surface area contributed by atoms with Gasteiger partial charge in [-0.3, -0.25) is 4.79 Å². The van der Waals surface area contributed by atoms with Gasteiger partial charge in [0, 0.05) is 6.04 Å². The van der Waals surface area contributed by atoms with Crippen LogP contribution in [0.25, 0.3) is 0 Å². The Bertz CT molecular complexity index is 525. The van der Waals surface area contributed by atoms with Gasteiger partial charge in [-0.2, -0.15) is 0 Å². The van der Waals surface area contributed by atoms with Crippen LogP contribution in [-0.2, 0) is 19.6 Å². The number of carbonyl (C=O) groups excluding carboxylic acids is 1. The Labute approximate surface area is 113 Å². The van der Waals surface area contributed by atoms with Crippen LogP contribution in [0.5, 0.6) is 0 Å². The van der Waals surface area contributed by atoms with Gasteiger partial charge in [-0.15, -0.1) is 0 Å². The van der Waals surface area contributed by atoms with Crippen molar-refractivity contribution in [2.75, 3.05) is 13.2 Å². The van der Waals surface area contributed by atoms with E-state index in [1.165, 1.54) is 12.1 Å². The van der Waals surface area contributed by atoms with Crippen LogP contribution in [0.3, 0.4) is 0 Å². The molecular formula is C12H18N2O4S. The maximum absolute atomic E-state index is 11.2. The van der Waals surface area contributed by atoms with E-state index in [0.29, 0.717) is 6.61 Å². The van der Waals surface area contributed by atoms with E-state index in [1.54, 1.807) is 19.1 Å². The van der Waals surface area contributed by atoms with E-state index in [-0.39, 0.29) is 23.5 Å². The third kappa shape index (κ3) is 4.98. The van der Waals surface area contributed by atoms with E-state index in [4.69, 9.17) is 9.88 Å². The van der Waals surface area contributed by atoms with E-state index in [1.807, 2.05) is 6.92 Å². The Morgan fingerprint density at radius 2 is 1.95 bits per heavy atom. The molecule has 3 N–H and O–H groups in total. The lowest BCUT2D eigenvalue weighted by molar-refractivity contribution is -0.142. The fourth-order valence-electron chi connectivity index (χ4n) is 1.51. The molecule has 0 aliphatic carbocycles. The smallest absolute Gasteiger partial charge is 0.319 e. The first kappa shape index (κ1) is 15.6. The summed E-state index contributed by atoms with van der Waals surface area (Å²) in [5.74, 6) is -0.324. The predicted molar refractivity (Wildman–Crippen MR) is 70.9 cm³/mol. The van der Waals surface area contributed by atoms with E-state index in [9.17, 15) is 13.2 Å². The second kappa shape index (κ2) is 6.65. The predicted octanol–water partition coefficient (Wildman–Crippen LogP) is 0.548. The summed E-state index contributed by atoms with van der Waals surface area (Å²) in [7, 11) is -3.67. The van der Waals surface area contributed by atoms with Gasteiger partial charge in [-0.05, 0) is 31.5 Å². The molecule has 6 nitrogen and oxygen atoms in total. The summed E-state index contributed by atoms with van der Waals surface area (Å²) in [5, 5.41) is 8.00. The summed E-state index contributed by atoms with van der Waals surface area (Å²) in [5.41, 5.74) is 0.858. The first-order chi connectivity index (χ1) is 8.84. The fraction of sp³-hybridized carbons (Fsp3) is 0.417. The number of sulfonamides is 1. The standard InChI is InChI=1S/C12H18N2O4S/c1-3-18-12(15)8-14-9(2)10-4-6-11(7-5-10)19(13,16)17/h4-7,9,14H,3,8H2,1-2H3,(H2,13,16,17). The zero-order valence-electron chi connectivity index (χ0n) is 10.9. The van der Waals surface area contributed by atoms with Crippen molar-refractivity contribution in [2.24, 2.45) is 5.14 Å². The highest BCUT2D eigenvalue weighted by molar-refractivity contribution is 7.89. The zero-order valence-corrected chi connectivity index (χ0v) is 11.7. The van der Waals surface area contributed by atoms with Gasteiger partial charge in [0.1, 0.15) is 0 Å². The molecule has 0 aromatic heterocycles. The summed E-state index contributed by atoms with van der Waals surface area (Å²) in [6.07, 6.45) is 0. The third-order valence-corrected chi connectivity index (χ3v) is 3.50. The minimum atomic E-state index is -3.67. The molecule has 7 heteroatoms. The summed E-state index contributed by atoms with van der Waals surface area (Å²) in [4.78, 5) is 11.2. The second-order valence-corrected chi connectivity index (χ2v) is 5.58. The largest absolute Gasteiger partial charge is 0.465 e. The quantitative estimate of drug-likeness (QED) is 0.744. The monoisotopic (exact) mass is 286 g/mol. The van der Waals surface area contributed by atoms with Crippen LogP contribution in [0.2, 0.25) is 0 Å². The molecule has 1 rings (SSSR count). The van der Waals surface area contributed by atoms with Crippen LogP contribution in [0.1, 0.15) is 25.5 Å². The number of ether oxygens (including phenoxy) is 1. The summed E-state index contributed by atoms with van der Waals surface area (Å²) in [6.45, 7) is 4.06. The van der Waals surface area contributed by atoms with Crippen molar-refractivity contribution < 1.29 is 17.9 Å². The van der Waals surface area contributed by atoms with Gasteiger partial charge in [0.2, 0.25) is 10.0 Å². The molecule has 0 bridgehead atoms. The Kier molecular flexibility index (Phi) is 5.46. The van der Waals surface area contributed by atoms with Gasteiger partial charge in [0.15, 0.2) is 0 Å². The Morgan fingerprint density at radius 1 is 1.37 bits per heavy atom. The van der Waals surface area contributed by atoms with Crippen LogP contribution >= 0.6 is 0 Å². The average Bonchev–Trinajstić information content (AvgIpc) is 2.35. The number of nitrogens with two attached hydrogens (primary N) is 1. The number of rotatable bonds is 6.